The van der Waals surface area contributed by atoms with Crippen molar-refractivity contribution in [3.8, 4) is 11.1 Å². The van der Waals surface area contributed by atoms with Crippen LogP contribution in [0.1, 0.15) is 40.8 Å². The highest BCUT2D eigenvalue weighted by Crippen LogP contribution is 2.41. The summed E-state index contributed by atoms with van der Waals surface area (Å²) < 4.78 is 3.38. The van der Waals surface area contributed by atoms with Crippen molar-refractivity contribution < 1.29 is 10.0 Å². The first-order chi connectivity index (χ1) is 13.0. The van der Waals surface area contributed by atoms with E-state index in [1.54, 1.807) is 27.2 Å². The third-order valence-electron chi connectivity index (χ3n) is 4.67. The van der Waals surface area contributed by atoms with E-state index in [2.05, 4.69) is 19.7 Å². The molecule has 2 N–H and O–H groups in total. The Morgan fingerprint density at radius 3 is 1.59 bits per heavy atom. The molecule has 2 rings (SSSR count). The lowest BCUT2D eigenvalue weighted by Gasteiger charge is -2.09. The van der Waals surface area contributed by atoms with Crippen LogP contribution in [0.4, 0.5) is 0 Å². The highest BCUT2D eigenvalue weighted by Gasteiger charge is 2.26. The van der Waals surface area contributed by atoms with Gasteiger partial charge >= 0.3 is 15.2 Å². The van der Waals surface area contributed by atoms with Crippen LogP contribution >= 0.6 is 0 Å². The molecule has 0 atom stereocenters. The summed E-state index contributed by atoms with van der Waals surface area (Å²) in [6, 6.07) is 0. The fraction of sp³-hybridized carbons (Fsp3) is 0.143. The van der Waals surface area contributed by atoms with Gasteiger partial charge in [0.05, 0.1) is 0 Å². The van der Waals surface area contributed by atoms with Gasteiger partial charge in [0.25, 0.3) is 0 Å². The van der Waals surface area contributed by atoms with E-state index in [4.69, 9.17) is 0 Å². The van der Waals surface area contributed by atoms with Crippen molar-refractivity contribution in [2.24, 2.45) is 0 Å². The van der Waals surface area contributed by atoms with E-state index in [1.165, 1.54) is 0 Å². The molecule has 2 aromatic heterocycles. The molecule has 4 nitrogen and oxygen atoms in total. The molecule has 0 saturated heterocycles. The molecule has 0 amide bonds. The highest BCUT2D eigenvalue weighted by atomic mass is 16.2. The Bertz CT molecular complexity index is 947. The quantitative estimate of drug-likeness (QED) is 0.557. The molecule has 2 heterocycles. The summed E-state index contributed by atoms with van der Waals surface area (Å²) in [6.07, 6.45) is 12.9. The Morgan fingerprint density at radius 1 is 0.815 bits per heavy atom. The second-order valence-electron chi connectivity index (χ2n) is 5.99. The van der Waals surface area contributed by atoms with Crippen LogP contribution in [0.3, 0.4) is 0 Å². The van der Waals surface area contributed by atoms with Crippen LogP contribution in [0.5, 0.6) is 0 Å². The van der Waals surface area contributed by atoms with Crippen LogP contribution in [-0.4, -0.2) is 34.2 Å². The summed E-state index contributed by atoms with van der Waals surface area (Å²) >= 11 is 0. The maximum atomic E-state index is 9.81. The fourth-order valence-corrected chi connectivity index (χ4v) is 3.46. The van der Waals surface area contributed by atoms with Gasteiger partial charge in [-0.25, -0.2) is 0 Å². The average Bonchev–Trinajstić information content (AvgIpc) is 3.09. The molecule has 0 saturated carbocycles. The van der Waals surface area contributed by atoms with E-state index in [1.807, 2.05) is 45.1 Å². The molecule has 0 fully saturated rings. The molecular formula is C21H24B2N2O2. The summed E-state index contributed by atoms with van der Waals surface area (Å²) in [5.41, 5.74) is 6.96. The molecule has 0 aliphatic heterocycles. The molecule has 0 aromatic carbocycles. The highest BCUT2D eigenvalue weighted by molar-refractivity contribution is 6.26. The number of aromatic nitrogens is 2. The average molecular weight is 358 g/mol. The summed E-state index contributed by atoms with van der Waals surface area (Å²) in [4.78, 5) is 0. The topological polar surface area (TPSA) is 50.3 Å². The number of rotatable bonds is 8. The van der Waals surface area contributed by atoms with Gasteiger partial charge in [0, 0.05) is 45.0 Å². The molecule has 136 valence electrons. The third kappa shape index (κ3) is 3.34. The van der Waals surface area contributed by atoms with E-state index >= 15 is 0 Å². The first-order valence-corrected chi connectivity index (χ1v) is 8.63. The summed E-state index contributed by atoms with van der Waals surface area (Å²) in [6.45, 7) is 17.4. The Balaban J connectivity index is 3.10. The Kier molecular flexibility index (Phi) is 6.72. The van der Waals surface area contributed by atoms with Crippen molar-refractivity contribution in [1.29, 1.82) is 0 Å². The molecule has 2 aromatic rings. The van der Waals surface area contributed by atoms with Crippen LogP contribution in [0.25, 0.3) is 35.4 Å². The van der Waals surface area contributed by atoms with Gasteiger partial charge in [-0.05, 0) is 32.9 Å². The van der Waals surface area contributed by atoms with Gasteiger partial charge in [0.15, 0.2) is 0 Å². The minimum Gasteiger partial charge on any atom is -0.435 e. The first-order valence-electron chi connectivity index (χ1n) is 8.63. The molecule has 0 aliphatic rings. The molecule has 0 unspecified atom stereocenters. The Morgan fingerprint density at radius 2 is 1.26 bits per heavy atom. The molecular weight excluding hydrogens is 334 g/mol. The zero-order valence-corrected chi connectivity index (χ0v) is 16.1. The van der Waals surface area contributed by atoms with Gasteiger partial charge in [0.1, 0.15) is 0 Å². The van der Waals surface area contributed by atoms with Gasteiger partial charge < -0.3 is 19.0 Å². The second-order valence-corrected chi connectivity index (χ2v) is 5.99. The van der Waals surface area contributed by atoms with Gasteiger partial charge in [-0.15, -0.1) is 0 Å². The second kappa shape index (κ2) is 8.80. The van der Waals surface area contributed by atoms with E-state index in [0.29, 0.717) is 0 Å². The number of nitrogens with zero attached hydrogens (tertiary/aromatic N) is 2. The van der Waals surface area contributed by atoms with Crippen molar-refractivity contribution in [3.63, 3.8) is 0 Å². The lowest BCUT2D eigenvalue weighted by atomic mass is 9.94. The van der Waals surface area contributed by atoms with E-state index in [-0.39, 0.29) is 0 Å². The maximum Gasteiger partial charge on any atom is 0.440 e. The molecule has 2 radical (unpaired) electrons. The lowest BCUT2D eigenvalue weighted by molar-refractivity contribution is 0.586. The van der Waals surface area contributed by atoms with Crippen LogP contribution in [0.2, 0.25) is 0 Å². The minimum absolute atomic E-state index is 0.752. The number of hydrogen-bond acceptors (Lipinski definition) is 2. The van der Waals surface area contributed by atoms with Gasteiger partial charge in [-0.2, -0.15) is 0 Å². The van der Waals surface area contributed by atoms with Crippen molar-refractivity contribution in [3.05, 3.63) is 71.9 Å². The molecule has 0 aliphatic carbocycles. The van der Waals surface area contributed by atoms with Crippen molar-refractivity contribution in [1.82, 2.24) is 8.96 Å². The van der Waals surface area contributed by atoms with Crippen LogP contribution in [-0.2, 0) is 0 Å². The first kappa shape index (κ1) is 20.6. The van der Waals surface area contributed by atoms with Crippen LogP contribution in [0, 0.1) is 13.8 Å². The Labute approximate surface area is 162 Å². The van der Waals surface area contributed by atoms with Crippen molar-refractivity contribution >= 4 is 39.5 Å². The molecule has 6 heteroatoms. The van der Waals surface area contributed by atoms with Crippen molar-refractivity contribution in [2.45, 2.75) is 20.8 Å². The normalized spacial score (nSPS) is 11.3. The standard InChI is InChI=1S/C21H24B2N2O2/c1-7-11-13-17-15(6)25(23-27)19(10-4)21(17)20-16(12-8-2)14(5)24(22-26)18(20)9-3/h7-13,26-27H,1,3-4H2,2,5-6H3/b12-8-,13-11-. The Hall–Kier alpha value is -2.69. The largest absolute Gasteiger partial charge is 0.440 e. The zero-order chi connectivity index (χ0) is 20.1. The van der Waals surface area contributed by atoms with E-state index in [9.17, 15) is 10.0 Å². The van der Waals surface area contributed by atoms with Crippen LogP contribution in [0.15, 0.2) is 38.0 Å². The van der Waals surface area contributed by atoms with Crippen LogP contribution < -0.4 is 0 Å². The smallest absolute Gasteiger partial charge is 0.435 e. The third-order valence-corrected chi connectivity index (χ3v) is 4.67. The predicted octanol–water partition coefficient (Wildman–Crippen LogP) is 3.84. The summed E-state index contributed by atoms with van der Waals surface area (Å²) in [5.74, 6) is 0. The van der Waals surface area contributed by atoms with E-state index < -0.39 is 0 Å². The summed E-state index contributed by atoms with van der Waals surface area (Å²) in [5, 5.41) is 19.6. The molecule has 0 spiro atoms. The lowest BCUT2D eigenvalue weighted by Crippen LogP contribution is -2.09. The maximum absolute atomic E-state index is 9.81. The van der Waals surface area contributed by atoms with Gasteiger partial charge in [-0.1, -0.05) is 50.1 Å². The SMILES string of the molecule is C=C/C=C\c1c(-c2c(/C=C\C)c(C)n([B]O)c2C=C)c(C=C)n([B]O)c1C. The number of hydrogen-bond donors (Lipinski definition) is 2. The van der Waals surface area contributed by atoms with Crippen molar-refractivity contribution in [2.75, 3.05) is 0 Å². The zero-order valence-electron chi connectivity index (χ0n) is 16.1. The monoisotopic (exact) mass is 358 g/mol. The minimum atomic E-state index is 0.752. The molecule has 0 bridgehead atoms. The van der Waals surface area contributed by atoms with Gasteiger partial charge in [-0.3, -0.25) is 0 Å². The van der Waals surface area contributed by atoms with Gasteiger partial charge in [0.2, 0.25) is 0 Å². The van der Waals surface area contributed by atoms with E-state index in [0.717, 1.165) is 60.3 Å². The summed E-state index contributed by atoms with van der Waals surface area (Å²) in [7, 11) is 2.07. The fourth-order valence-electron chi connectivity index (χ4n) is 3.46. The number of allylic oxidation sites excluding steroid dienone is 3. The molecule has 27 heavy (non-hydrogen) atoms. The predicted molar refractivity (Wildman–Crippen MR) is 118 cm³/mol.